The Balaban J connectivity index is 2.08. The van der Waals surface area contributed by atoms with Crippen LogP contribution in [0.15, 0.2) is 59.3 Å². The fourth-order valence-corrected chi connectivity index (χ4v) is 3.44. The molecule has 0 spiro atoms. The average Bonchev–Trinajstić information content (AvgIpc) is 2.91. The van der Waals surface area contributed by atoms with Crippen LogP contribution in [0.2, 0.25) is 0 Å². The minimum Gasteiger partial charge on any atom is -0.327 e. The Kier molecular flexibility index (Phi) is 3.90. The molecule has 0 aliphatic carbocycles. The van der Waals surface area contributed by atoms with Crippen molar-refractivity contribution in [1.29, 1.82) is 5.26 Å². The van der Waals surface area contributed by atoms with Crippen molar-refractivity contribution in [2.24, 2.45) is 0 Å². The molecule has 142 valence electrons. The highest BCUT2D eigenvalue weighted by molar-refractivity contribution is 8.45. The third-order valence-electron chi connectivity index (χ3n) is 3.91. The predicted molar refractivity (Wildman–Crippen MR) is 95.9 cm³/mol. The van der Waals surface area contributed by atoms with E-state index in [1.165, 1.54) is 12.3 Å². The maximum Gasteiger partial charge on any atom is 0.310 e. The molecule has 0 aliphatic heterocycles. The van der Waals surface area contributed by atoms with E-state index in [9.17, 15) is 19.4 Å². The van der Waals surface area contributed by atoms with Crippen LogP contribution in [-0.2, 0) is 6.54 Å². The molecule has 0 aliphatic rings. The number of fused-ring (bicyclic) bond motifs is 1. The van der Waals surface area contributed by atoms with Crippen molar-refractivity contribution < 1.29 is 19.4 Å². The summed E-state index contributed by atoms with van der Waals surface area (Å²) in [4.78, 5) is 2.30. The molecule has 0 radical (unpaired) electrons. The quantitative estimate of drug-likeness (QED) is 0.363. The van der Waals surface area contributed by atoms with Crippen LogP contribution >= 0.6 is 10.2 Å². The lowest BCUT2D eigenvalue weighted by Crippen LogP contribution is -2.07. The number of halogens is 5. The molecule has 0 fully saturated rings. The second-order valence-corrected chi connectivity index (χ2v) is 8.55. The number of hydrogen-bond donors (Lipinski definition) is 0. The molecule has 9 heteroatoms. The molecule has 2 heterocycles. The van der Waals surface area contributed by atoms with E-state index in [0.29, 0.717) is 34.3 Å². The number of rotatable bonds is 4. The largest absolute Gasteiger partial charge is 0.327 e. The first kappa shape index (κ1) is 18.9. The highest BCUT2D eigenvalue weighted by atomic mass is 32.5. The van der Waals surface area contributed by atoms with Gasteiger partial charge in [0, 0.05) is 35.5 Å². The monoisotopic (exact) mass is 399 g/mol. The number of nitriles is 1. The number of pyridine rings is 1. The van der Waals surface area contributed by atoms with Crippen LogP contribution in [0.5, 0.6) is 0 Å². The lowest BCUT2D eigenvalue weighted by Gasteiger charge is -2.40. The summed E-state index contributed by atoms with van der Waals surface area (Å²) in [5, 5.41) is 9.66. The first-order valence-electron chi connectivity index (χ1n) is 7.73. The predicted octanol–water partition coefficient (Wildman–Crippen LogP) is 6.67. The lowest BCUT2D eigenvalue weighted by atomic mass is 10.1. The maximum absolute atomic E-state index is 13.0. The van der Waals surface area contributed by atoms with Crippen LogP contribution in [0.25, 0.3) is 17.1 Å². The lowest BCUT2D eigenvalue weighted by molar-refractivity contribution is 0.364. The van der Waals surface area contributed by atoms with E-state index in [4.69, 9.17) is 5.26 Å². The summed E-state index contributed by atoms with van der Waals surface area (Å²) >= 11 is 0. The second-order valence-electron chi connectivity index (χ2n) is 6.14. The summed E-state index contributed by atoms with van der Waals surface area (Å²) in [6.07, 6.45) is 4.78. The summed E-state index contributed by atoms with van der Waals surface area (Å²) in [6.45, 7) is 1.55. The summed E-state index contributed by atoms with van der Waals surface area (Å²) in [5.41, 5.74) is 1.66. The molecule has 2 aromatic heterocycles. The third-order valence-corrected chi connectivity index (χ3v) is 5.05. The Bertz CT molecular complexity index is 1110. The smallest absolute Gasteiger partial charge is 0.310 e. The average molecular weight is 399 g/mol. The minimum atomic E-state index is -9.74. The Hall–Kier alpha value is -2.86. The highest BCUT2D eigenvalue weighted by Gasteiger charge is 2.65. The molecule has 0 unspecified atom stereocenters. The van der Waals surface area contributed by atoms with Crippen molar-refractivity contribution in [1.82, 2.24) is 9.55 Å². The zero-order valence-electron chi connectivity index (χ0n) is 14.0. The molecule has 1 aromatic carbocycles. The molecule has 0 N–H and O–H groups in total. The normalized spacial score (nSPS) is 15.2. The van der Waals surface area contributed by atoms with Crippen molar-refractivity contribution in [3.63, 3.8) is 0 Å². The first-order valence-corrected chi connectivity index (χ1v) is 9.68. The standard InChI is InChI=1S/C18H14F5N3S/c1-13(10-24)8-15-12-26(18-17(15)6-3-7-25-18)11-14-4-2-5-16(9-14)27(19,20,21,22)23/h2-9,12H,11H2,1H3/b13-8-. The van der Waals surface area contributed by atoms with E-state index in [2.05, 4.69) is 4.98 Å². The molecular formula is C18H14F5N3S. The molecule has 0 amide bonds. The van der Waals surface area contributed by atoms with Crippen LogP contribution in [-0.4, -0.2) is 9.55 Å². The van der Waals surface area contributed by atoms with E-state index in [1.54, 1.807) is 35.9 Å². The SMILES string of the molecule is C/C(C#N)=C/c1cn(Cc2cccc(S(F)(F)(F)(F)F)c2)c2ncccc12. The van der Waals surface area contributed by atoms with Gasteiger partial charge in [-0.2, -0.15) is 5.26 Å². The molecule has 0 atom stereocenters. The van der Waals surface area contributed by atoms with Gasteiger partial charge in [-0.3, -0.25) is 0 Å². The van der Waals surface area contributed by atoms with Crippen molar-refractivity contribution in [2.45, 2.75) is 18.4 Å². The van der Waals surface area contributed by atoms with E-state index in [0.717, 1.165) is 6.07 Å². The van der Waals surface area contributed by atoms with Gasteiger partial charge in [0.1, 0.15) is 10.5 Å². The van der Waals surface area contributed by atoms with Crippen LogP contribution in [0, 0.1) is 11.3 Å². The molecular weight excluding hydrogens is 385 g/mol. The van der Waals surface area contributed by atoms with Crippen LogP contribution in [0.3, 0.4) is 0 Å². The van der Waals surface area contributed by atoms with Gasteiger partial charge < -0.3 is 4.57 Å². The number of hydrogen-bond acceptors (Lipinski definition) is 2. The van der Waals surface area contributed by atoms with Gasteiger partial charge in [0.25, 0.3) is 0 Å². The van der Waals surface area contributed by atoms with E-state index in [1.807, 2.05) is 6.07 Å². The molecule has 27 heavy (non-hydrogen) atoms. The molecule has 3 aromatic rings. The fourth-order valence-electron chi connectivity index (χ4n) is 2.73. The fraction of sp³-hybridized carbons (Fsp3) is 0.111. The van der Waals surface area contributed by atoms with Crippen molar-refractivity contribution in [2.75, 3.05) is 0 Å². The van der Waals surface area contributed by atoms with E-state index in [-0.39, 0.29) is 12.1 Å². The topological polar surface area (TPSA) is 41.6 Å². The van der Waals surface area contributed by atoms with E-state index < -0.39 is 15.1 Å². The van der Waals surface area contributed by atoms with Gasteiger partial charge in [-0.25, -0.2) is 4.98 Å². The Labute approximate surface area is 152 Å². The third kappa shape index (κ3) is 4.11. The van der Waals surface area contributed by atoms with Gasteiger partial charge in [0.2, 0.25) is 0 Å². The van der Waals surface area contributed by atoms with Gasteiger partial charge >= 0.3 is 10.2 Å². The Morgan fingerprint density at radius 1 is 1.19 bits per heavy atom. The van der Waals surface area contributed by atoms with Crippen molar-refractivity contribution >= 4 is 27.3 Å². The second kappa shape index (κ2) is 5.57. The van der Waals surface area contributed by atoms with Crippen molar-refractivity contribution in [3.8, 4) is 6.07 Å². The summed E-state index contributed by atoms with van der Waals surface area (Å²) in [7, 11) is -9.74. The van der Waals surface area contributed by atoms with Gasteiger partial charge in [-0.15, -0.1) is 0 Å². The van der Waals surface area contributed by atoms with Gasteiger partial charge in [-0.05, 0) is 42.8 Å². The molecule has 0 saturated heterocycles. The maximum atomic E-state index is 13.0. The van der Waals surface area contributed by atoms with E-state index >= 15 is 0 Å². The molecule has 3 rings (SSSR count). The van der Waals surface area contributed by atoms with Gasteiger partial charge in [0.05, 0.1) is 6.07 Å². The summed E-state index contributed by atoms with van der Waals surface area (Å²) in [5.74, 6) is 0. The number of nitrogens with zero attached hydrogens (tertiary/aromatic N) is 3. The number of allylic oxidation sites excluding steroid dienone is 1. The zero-order chi connectivity index (χ0) is 19.9. The molecule has 0 bridgehead atoms. The van der Waals surface area contributed by atoms with Gasteiger partial charge in [-0.1, -0.05) is 31.6 Å². The summed E-state index contributed by atoms with van der Waals surface area (Å²) < 4.78 is 66.8. The molecule has 0 saturated carbocycles. The summed E-state index contributed by atoms with van der Waals surface area (Å²) in [6, 6.07) is 8.60. The highest BCUT2D eigenvalue weighted by Crippen LogP contribution is 3.02. The van der Waals surface area contributed by atoms with Crippen LogP contribution in [0.4, 0.5) is 19.4 Å². The zero-order valence-corrected chi connectivity index (χ0v) is 14.9. The Morgan fingerprint density at radius 2 is 1.93 bits per heavy atom. The van der Waals surface area contributed by atoms with Crippen LogP contribution in [0.1, 0.15) is 18.1 Å². The minimum absolute atomic E-state index is 0.0656. The van der Waals surface area contributed by atoms with Gasteiger partial charge in [0.15, 0.2) is 0 Å². The number of aromatic nitrogens is 2. The first-order chi connectivity index (χ1) is 12.4. The van der Waals surface area contributed by atoms with Crippen LogP contribution < -0.4 is 0 Å². The number of benzene rings is 1. The van der Waals surface area contributed by atoms with Crippen molar-refractivity contribution in [3.05, 3.63) is 65.5 Å². The molecule has 3 nitrogen and oxygen atoms in total. The Morgan fingerprint density at radius 3 is 2.59 bits per heavy atom.